The van der Waals surface area contributed by atoms with Gasteiger partial charge in [-0.1, -0.05) is 36.7 Å². The Morgan fingerprint density at radius 3 is 2.42 bits per heavy atom. The standard InChI is InChI=1S/C19H21ClN2O2/c1-3-15-7-9-17(10-8-15)21-19(24)11-12-22(14(2)23)18-6-4-5-16(20)13-18/h4-10,13H,3,11-12H2,1-2H3,(H,21,24). The first-order valence-electron chi connectivity index (χ1n) is 7.92. The molecule has 0 aromatic heterocycles. The normalized spacial score (nSPS) is 10.3. The molecule has 0 heterocycles. The number of halogens is 1. The van der Waals surface area contributed by atoms with E-state index in [1.54, 1.807) is 29.2 Å². The van der Waals surface area contributed by atoms with Gasteiger partial charge in [-0.05, 0) is 42.3 Å². The predicted molar refractivity (Wildman–Crippen MR) is 98.5 cm³/mol. The van der Waals surface area contributed by atoms with Gasteiger partial charge in [0.1, 0.15) is 0 Å². The number of nitrogens with one attached hydrogen (secondary N) is 1. The molecule has 2 amide bonds. The highest BCUT2D eigenvalue weighted by Crippen LogP contribution is 2.20. The lowest BCUT2D eigenvalue weighted by Gasteiger charge is -2.21. The summed E-state index contributed by atoms with van der Waals surface area (Å²) < 4.78 is 0. The van der Waals surface area contributed by atoms with E-state index in [0.717, 1.165) is 12.1 Å². The average Bonchev–Trinajstić information content (AvgIpc) is 2.55. The van der Waals surface area contributed by atoms with Crippen LogP contribution in [0.15, 0.2) is 48.5 Å². The molecule has 0 aliphatic carbocycles. The Morgan fingerprint density at radius 2 is 1.83 bits per heavy atom. The molecule has 0 saturated carbocycles. The molecule has 24 heavy (non-hydrogen) atoms. The average molecular weight is 345 g/mol. The Balaban J connectivity index is 1.96. The van der Waals surface area contributed by atoms with Crippen molar-refractivity contribution in [2.24, 2.45) is 0 Å². The van der Waals surface area contributed by atoms with E-state index in [1.165, 1.54) is 12.5 Å². The molecule has 2 aromatic rings. The van der Waals surface area contributed by atoms with Crippen molar-refractivity contribution in [2.45, 2.75) is 26.7 Å². The molecule has 4 nitrogen and oxygen atoms in total. The van der Waals surface area contributed by atoms with Crippen molar-refractivity contribution < 1.29 is 9.59 Å². The van der Waals surface area contributed by atoms with E-state index < -0.39 is 0 Å². The zero-order valence-corrected chi connectivity index (χ0v) is 14.6. The summed E-state index contributed by atoms with van der Waals surface area (Å²) >= 11 is 5.97. The molecule has 2 rings (SSSR count). The lowest BCUT2D eigenvalue weighted by Crippen LogP contribution is -2.31. The van der Waals surface area contributed by atoms with E-state index in [1.807, 2.05) is 24.3 Å². The van der Waals surface area contributed by atoms with Crippen LogP contribution in [-0.2, 0) is 16.0 Å². The van der Waals surface area contributed by atoms with Crippen molar-refractivity contribution in [3.8, 4) is 0 Å². The van der Waals surface area contributed by atoms with Crippen LogP contribution >= 0.6 is 11.6 Å². The topological polar surface area (TPSA) is 49.4 Å². The highest BCUT2D eigenvalue weighted by atomic mass is 35.5. The highest BCUT2D eigenvalue weighted by molar-refractivity contribution is 6.30. The van der Waals surface area contributed by atoms with Crippen molar-refractivity contribution in [1.82, 2.24) is 0 Å². The second-order valence-corrected chi connectivity index (χ2v) is 5.94. The van der Waals surface area contributed by atoms with Crippen LogP contribution in [0.4, 0.5) is 11.4 Å². The quantitative estimate of drug-likeness (QED) is 0.850. The van der Waals surface area contributed by atoms with Crippen LogP contribution in [0.2, 0.25) is 5.02 Å². The van der Waals surface area contributed by atoms with Gasteiger partial charge in [0.05, 0.1) is 0 Å². The van der Waals surface area contributed by atoms with Gasteiger partial charge in [-0.25, -0.2) is 0 Å². The lowest BCUT2D eigenvalue weighted by atomic mass is 10.1. The number of anilines is 2. The molecule has 0 atom stereocenters. The summed E-state index contributed by atoms with van der Waals surface area (Å²) in [4.78, 5) is 25.5. The fourth-order valence-electron chi connectivity index (χ4n) is 2.37. The van der Waals surface area contributed by atoms with Crippen LogP contribution in [0.1, 0.15) is 25.8 Å². The molecular formula is C19H21ClN2O2. The van der Waals surface area contributed by atoms with Gasteiger partial charge in [0.15, 0.2) is 0 Å². The molecule has 1 N–H and O–H groups in total. The van der Waals surface area contributed by atoms with E-state index in [0.29, 0.717) is 17.3 Å². The second kappa shape index (κ2) is 8.50. The molecule has 0 aliphatic rings. The molecule has 126 valence electrons. The number of amides is 2. The van der Waals surface area contributed by atoms with Gasteiger partial charge in [-0.15, -0.1) is 0 Å². The third-order valence-electron chi connectivity index (χ3n) is 3.71. The van der Waals surface area contributed by atoms with Crippen LogP contribution in [0.5, 0.6) is 0 Å². The summed E-state index contributed by atoms with van der Waals surface area (Å²) in [5.41, 5.74) is 2.67. The maximum absolute atomic E-state index is 12.1. The number of nitrogens with zero attached hydrogens (tertiary/aromatic N) is 1. The predicted octanol–water partition coefficient (Wildman–Crippen LogP) is 4.28. The molecule has 0 fully saturated rings. The van der Waals surface area contributed by atoms with E-state index in [2.05, 4.69) is 12.2 Å². The maximum Gasteiger partial charge on any atom is 0.226 e. The van der Waals surface area contributed by atoms with Crippen LogP contribution in [0.3, 0.4) is 0 Å². The Kier molecular flexibility index (Phi) is 6.38. The second-order valence-electron chi connectivity index (χ2n) is 5.50. The summed E-state index contributed by atoms with van der Waals surface area (Å²) in [6, 6.07) is 14.8. The zero-order valence-electron chi connectivity index (χ0n) is 13.9. The molecule has 0 bridgehead atoms. The van der Waals surface area contributed by atoms with Crippen molar-refractivity contribution in [3.05, 3.63) is 59.1 Å². The van der Waals surface area contributed by atoms with E-state index in [4.69, 9.17) is 11.6 Å². The summed E-state index contributed by atoms with van der Waals surface area (Å²) in [7, 11) is 0. The van der Waals surface area contributed by atoms with Gasteiger partial charge in [0.25, 0.3) is 0 Å². The van der Waals surface area contributed by atoms with Crippen molar-refractivity contribution in [3.63, 3.8) is 0 Å². The molecule has 0 unspecified atom stereocenters. The van der Waals surface area contributed by atoms with Crippen LogP contribution in [-0.4, -0.2) is 18.4 Å². The Hall–Kier alpha value is -2.33. The Bertz CT molecular complexity index is 714. The maximum atomic E-state index is 12.1. The van der Waals surface area contributed by atoms with Crippen LogP contribution in [0.25, 0.3) is 0 Å². The lowest BCUT2D eigenvalue weighted by molar-refractivity contribution is -0.117. The Morgan fingerprint density at radius 1 is 1.12 bits per heavy atom. The van der Waals surface area contributed by atoms with Crippen LogP contribution in [0, 0.1) is 0 Å². The fourth-order valence-corrected chi connectivity index (χ4v) is 2.56. The zero-order chi connectivity index (χ0) is 17.5. The first-order chi connectivity index (χ1) is 11.5. The van der Waals surface area contributed by atoms with Gasteiger partial charge in [0, 0.05) is 36.3 Å². The summed E-state index contributed by atoms with van der Waals surface area (Å²) in [5, 5.41) is 3.40. The number of benzene rings is 2. The fraction of sp³-hybridized carbons (Fsp3) is 0.263. The number of hydrogen-bond acceptors (Lipinski definition) is 2. The minimum Gasteiger partial charge on any atom is -0.326 e. The van der Waals surface area contributed by atoms with Crippen molar-refractivity contribution in [1.29, 1.82) is 0 Å². The number of rotatable bonds is 6. The highest BCUT2D eigenvalue weighted by Gasteiger charge is 2.14. The molecular weight excluding hydrogens is 324 g/mol. The van der Waals surface area contributed by atoms with Crippen LogP contribution < -0.4 is 10.2 Å². The van der Waals surface area contributed by atoms with Gasteiger partial charge >= 0.3 is 0 Å². The van der Waals surface area contributed by atoms with Crippen molar-refractivity contribution in [2.75, 3.05) is 16.8 Å². The number of aryl methyl sites for hydroxylation is 1. The third kappa shape index (κ3) is 5.10. The molecule has 0 saturated heterocycles. The first-order valence-corrected chi connectivity index (χ1v) is 8.30. The molecule has 0 radical (unpaired) electrons. The summed E-state index contributed by atoms with van der Waals surface area (Å²) in [6.07, 6.45) is 1.17. The third-order valence-corrected chi connectivity index (χ3v) is 3.94. The molecule has 5 heteroatoms. The van der Waals surface area contributed by atoms with Gasteiger partial charge in [0.2, 0.25) is 11.8 Å². The smallest absolute Gasteiger partial charge is 0.226 e. The van der Waals surface area contributed by atoms with E-state index in [9.17, 15) is 9.59 Å². The van der Waals surface area contributed by atoms with Gasteiger partial charge in [-0.3, -0.25) is 9.59 Å². The monoisotopic (exact) mass is 344 g/mol. The SMILES string of the molecule is CCc1ccc(NC(=O)CCN(C(C)=O)c2cccc(Cl)c2)cc1. The molecule has 0 spiro atoms. The number of carbonyl (C=O) groups is 2. The first kappa shape index (κ1) is 18.0. The van der Waals surface area contributed by atoms with Gasteiger partial charge < -0.3 is 10.2 Å². The number of carbonyl (C=O) groups excluding carboxylic acids is 2. The molecule has 2 aromatic carbocycles. The summed E-state index contributed by atoms with van der Waals surface area (Å²) in [6.45, 7) is 3.86. The van der Waals surface area contributed by atoms with Gasteiger partial charge in [-0.2, -0.15) is 0 Å². The minimum atomic E-state index is -0.132. The largest absolute Gasteiger partial charge is 0.326 e. The Labute approximate surface area is 147 Å². The summed E-state index contributed by atoms with van der Waals surface area (Å²) in [5.74, 6) is -0.259. The van der Waals surface area contributed by atoms with E-state index >= 15 is 0 Å². The van der Waals surface area contributed by atoms with E-state index in [-0.39, 0.29) is 18.2 Å². The number of hydrogen-bond donors (Lipinski definition) is 1. The molecule has 0 aliphatic heterocycles. The minimum absolute atomic E-state index is 0.127. The van der Waals surface area contributed by atoms with Crippen molar-refractivity contribution >= 4 is 34.8 Å².